The Morgan fingerprint density at radius 2 is 1.62 bits per heavy atom. The summed E-state index contributed by atoms with van der Waals surface area (Å²) in [6.45, 7) is 10.2. The van der Waals surface area contributed by atoms with E-state index in [0.717, 1.165) is 70.8 Å². The fourth-order valence-electron chi connectivity index (χ4n) is 8.81. The van der Waals surface area contributed by atoms with Crippen molar-refractivity contribution < 1.29 is 9.37 Å². The zero-order valence-corrected chi connectivity index (χ0v) is 31.4. The Balaban J connectivity index is 1.19. The van der Waals surface area contributed by atoms with Crippen LogP contribution < -0.4 is 21.3 Å². The van der Waals surface area contributed by atoms with Gasteiger partial charge in [-0.05, 0) is 100 Å². The minimum absolute atomic E-state index is 0.0580. The first-order valence-electron chi connectivity index (χ1n) is 19.1. The van der Waals surface area contributed by atoms with Gasteiger partial charge in [0.05, 0.1) is 5.41 Å². The van der Waals surface area contributed by atoms with Crippen LogP contribution in [0.3, 0.4) is 0 Å². The van der Waals surface area contributed by atoms with Crippen molar-refractivity contribution in [1.82, 2.24) is 10.6 Å². The third-order valence-corrected chi connectivity index (χ3v) is 11.8. The number of benzene rings is 2. The van der Waals surface area contributed by atoms with Gasteiger partial charge in [0.1, 0.15) is 7.05 Å². The lowest BCUT2D eigenvalue weighted by Crippen LogP contribution is -2.40. The number of nitrogens with one attached hydrogen (secondary N) is 2. The van der Waals surface area contributed by atoms with Crippen LogP contribution in [0.5, 0.6) is 0 Å². The minimum atomic E-state index is -0.0580. The molecule has 1 saturated carbocycles. The number of nitrogens with two attached hydrogens (primary N) is 1. The van der Waals surface area contributed by atoms with E-state index in [1.807, 2.05) is 0 Å². The smallest absolute Gasteiger partial charge is 0.220 e. The Bertz CT molecular complexity index is 1730. The zero-order valence-electron chi connectivity index (χ0n) is 31.4. The highest BCUT2D eigenvalue weighted by Crippen LogP contribution is 2.47. The molecular weight excluding hydrogens is 615 g/mol. The summed E-state index contributed by atoms with van der Waals surface area (Å²) in [7, 11) is 4.39. The number of allylic oxidation sites excluding steroid dienone is 7. The van der Waals surface area contributed by atoms with Crippen molar-refractivity contribution in [3.8, 4) is 0 Å². The highest BCUT2D eigenvalue weighted by atomic mass is 16.1. The van der Waals surface area contributed by atoms with Gasteiger partial charge < -0.3 is 21.3 Å². The Hall–Kier alpha value is -3.90. The second-order valence-corrected chi connectivity index (χ2v) is 16.0. The molecule has 6 nitrogen and oxygen atoms in total. The van der Waals surface area contributed by atoms with Crippen LogP contribution in [0, 0.1) is 0 Å². The molecular formula is C44H60N5O+. The van der Waals surface area contributed by atoms with Crippen molar-refractivity contribution in [2.24, 2.45) is 5.73 Å². The van der Waals surface area contributed by atoms with Gasteiger partial charge >= 0.3 is 0 Å². The van der Waals surface area contributed by atoms with E-state index in [2.05, 4.69) is 135 Å². The van der Waals surface area contributed by atoms with E-state index < -0.39 is 0 Å². The number of likely N-dealkylation sites (N-methyl/N-ethyl adjacent to an activating group) is 1. The second kappa shape index (κ2) is 15.1. The quantitative estimate of drug-likeness (QED) is 0.165. The van der Waals surface area contributed by atoms with Crippen LogP contribution in [0.15, 0.2) is 95.4 Å². The molecule has 1 fully saturated rings. The van der Waals surface area contributed by atoms with Crippen LogP contribution in [0.25, 0.3) is 0 Å². The summed E-state index contributed by atoms with van der Waals surface area (Å²) < 4.78 is 2.36. The molecule has 2 aliphatic heterocycles. The van der Waals surface area contributed by atoms with E-state index in [1.165, 1.54) is 50.8 Å². The van der Waals surface area contributed by atoms with E-state index in [1.54, 1.807) is 0 Å². The molecule has 2 aromatic carbocycles. The molecule has 0 atom stereocenters. The Morgan fingerprint density at radius 3 is 2.36 bits per heavy atom. The molecule has 0 unspecified atom stereocenters. The maximum absolute atomic E-state index is 12.6. The number of amides is 1. The van der Waals surface area contributed by atoms with Gasteiger partial charge in [0.25, 0.3) is 0 Å². The summed E-state index contributed by atoms with van der Waals surface area (Å²) in [4.78, 5) is 15.0. The van der Waals surface area contributed by atoms with Gasteiger partial charge in [0.2, 0.25) is 11.6 Å². The summed E-state index contributed by atoms with van der Waals surface area (Å²) in [6, 6.07) is 18.2. The lowest BCUT2D eigenvalue weighted by molar-refractivity contribution is -0.401. The lowest BCUT2D eigenvalue weighted by atomic mass is 9.81. The molecule has 1 amide bonds. The number of carbonyl (C=O) groups is 1. The molecule has 6 heteroatoms. The van der Waals surface area contributed by atoms with E-state index >= 15 is 0 Å². The van der Waals surface area contributed by atoms with Crippen molar-refractivity contribution in [3.05, 3.63) is 107 Å². The predicted molar refractivity (Wildman–Crippen MR) is 209 cm³/mol. The molecule has 2 aliphatic carbocycles. The number of unbranched alkanes of at least 4 members (excludes halogenated alkanes) is 2. The monoisotopic (exact) mass is 674 g/mol. The van der Waals surface area contributed by atoms with Crippen molar-refractivity contribution in [2.75, 3.05) is 25.5 Å². The van der Waals surface area contributed by atoms with E-state index in [-0.39, 0.29) is 16.7 Å². The molecule has 0 spiro atoms. The van der Waals surface area contributed by atoms with Crippen molar-refractivity contribution in [3.63, 3.8) is 0 Å². The topological polar surface area (TPSA) is 73.4 Å². The summed E-state index contributed by atoms with van der Waals surface area (Å²) in [5.74, 6) is 0.195. The molecule has 2 aromatic rings. The van der Waals surface area contributed by atoms with Crippen LogP contribution in [0.2, 0.25) is 0 Å². The molecule has 4 N–H and O–H groups in total. The van der Waals surface area contributed by atoms with Gasteiger partial charge in [-0.2, -0.15) is 4.58 Å². The molecule has 0 saturated heterocycles. The van der Waals surface area contributed by atoms with Gasteiger partial charge in [-0.1, -0.05) is 68.8 Å². The summed E-state index contributed by atoms with van der Waals surface area (Å²) in [6.07, 6.45) is 20.4. The van der Waals surface area contributed by atoms with Gasteiger partial charge in [0.15, 0.2) is 5.71 Å². The molecule has 0 bridgehead atoms. The number of carbonyl (C=O) groups excluding carboxylic acids is 1. The van der Waals surface area contributed by atoms with Gasteiger partial charge in [0, 0.05) is 72.3 Å². The SMILES string of the molecule is CN1C(=CC=C2CCCC(C=CC3=[N+](C)c4ccccc4C3(C)C)=C2NCCCCCC(=O)NC2CCC(N)CC2)C(C)(C)c2ccccc21. The summed E-state index contributed by atoms with van der Waals surface area (Å²) in [5, 5.41) is 7.16. The lowest BCUT2D eigenvalue weighted by Gasteiger charge is -2.26. The van der Waals surface area contributed by atoms with Gasteiger partial charge in [-0.25, -0.2) is 0 Å². The largest absolute Gasteiger partial charge is 0.385 e. The first-order chi connectivity index (χ1) is 24.0. The standard InChI is InChI=1S/C44H59N5O/c1-43(2)35-17-9-11-19-37(35)48(5)39(43)28-22-31-15-14-16-32(23-29-40-44(3,4)36-18-10-12-20-38(36)49(40)6)42(31)46-30-13-7-8-21-41(50)47-34-26-24-33(45)25-27-34/h9-12,17-20,22-23,28-29,33-34H,7-8,13-16,21,24-27,30,45H2,1-6H3,(H,47,50)/p+1. The average Bonchev–Trinajstić information content (AvgIpc) is 3.42. The first-order valence-corrected chi connectivity index (χ1v) is 19.1. The Labute approximate surface area is 301 Å². The first kappa shape index (κ1) is 35.9. The number of hydrogen-bond acceptors (Lipinski definition) is 4. The number of hydrogen-bond donors (Lipinski definition) is 3. The maximum Gasteiger partial charge on any atom is 0.220 e. The molecule has 6 rings (SSSR count). The van der Waals surface area contributed by atoms with E-state index in [0.29, 0.717) is 18.5 Å². The summed E-state index contributed by atoms with van der Waals surface area (Å²) in [5.41, 5.74) is 18.0. The highest BCUT2D eigenvalue weighted by molar-refractivity contribution is 6.03. The van der Waals surface area contributed by atoms with Gasteiger partial charge in [-0.3, -0.25) is 4.79 Å². The van der Waals surface area contributed by atoms with Gasteiger partial charge in [-0.15, -0.1) is 0 Å². The third-order valence-electron chi connectivity index (χ3n) is 11.8. The number of anilines is 1. The number of para-hydroxylation sites is 2. The normalized spacial score (nSPS) is 24.3. The summed E-state index contributed by atoms with van der Waals surface area (Å²) >= 11 is 0. The third kappa shape index (κ3) is 7.42. The van der Waals surface area contributed by atoms with Crippen LogP contribution in [0.1, 0.15) is 109 Å². The molecule has 0 radical (unpaired) electrons. The molecule has 4 aliphatic rings. The van der Waals surface area contributed by atoms with E-state index in [9.17, 15) is 4.79 Å². The number of fused-ring (bicyclic) bond motifs is 2. The molecule has 266 valence electrons. The number of nitrogens with zero attached hydrogens (tertiary/aromatic N) is 2. The minimum Gasteiger partial charge on any atom is -0.385 e. The highest BCUT2D eigenvalue weighted by Gasteiger charge is 2.42. The molecule has 50 heavy (non-hydrogen) atoms. The fourth-order valence-corrected chi connectivity index (χ4v) is 8.81. The Morgan fingerprint density at radius 1 is 0.900 bits per heavy atom. The van der Waals surface area contributed by atoms with Crippen LogP contribution in [-0.4, -0.2) is 48.9 Å². The fraction of sp³-hybridized carbons (Fsp3) is 0.500. The predicted octanol–water partition coefficient (Wildman–Crippen LogP) is 8.46. The zero-order chi connectivity index (χ0) is 35.5. The van der Waals surface area contributed by atoms with Crippen molar-refractivity contribution in [2.45, 2.75) is 121 Å². The molecule has 2 heterocycles. The second-order valence-electron chi connectivity index (χ2n) is 16.0. The Kier molecular flexibility index (Phi) is 10.9. The van der Waals surface area contributed by atoms with E-state index in [4.69, 9.17) is 5.73 Å². The van der Waals surface area contributed by atoms with Crippen LogP contribution in [0.4, 0.5) is 11.4 Å². The van der Waals surface area contributed by atoms with Crippen LogP contribution in [-0.2, 0) is 15.6 Å². The number of rotatable bonds is 11. The molecule has 0 aromatic heterocycles. The maximum atomic E-state index is 12.6. The van der Waals surface area contributed by atoms with Crippen LogP contribution >= 0.6 is 0 Å². The van der Waals surface area contributed by atoms with Crippen molar-refractivity contribution in [1.29, 1.82) is 0 Å². The average molecular weight is 675 g/mol. The van der Waals surface area contributed by atoms with Crippen molar-refractivity contribution >= 4 is 23.0 Å².